The van der Waals surface area contributed by atoms with Crippen molar-refractivity contribution in [3.05, 3.63) is 0 Å². The zero-order chi connectivity index (χ0) is 13.2. The predicted molar refractivity (Wildman–Crippen MR) is 64.8 cm³/mol. The van der Waals surface area contributed by atoms with Gasteiger partial charge in [0.05, 0.1) is 13.0 Å². The Morgan fingerprint density at radius 3 is 2.94 bits per heavy atom. The Morgan fingerprint density at radius 1 is 1.56 bits per heavy atom. The third kappa shape index (κ3) is 2.20. The van der Waals surface area contributed by atoms with Crippen LogP contribution in [0.2, 0.25) is 0 Å². The molecular formula is C14H20O4. The van der Waals surface area contributed by atoms with E-state index in [1.807, 2.05) is 0 Å². The molecule has 0 heterocycles. The molecule has 0 radical (unpaired) electrons. The van der Waals surface area contributed by atoms with Crippen LogP contribution in [0.5, 0.6) is 0 Å². The molecule has 0 unspecified atom stereocenters. The number of rotatable bonds is 5. The highest BCUT2D eigenvalue weighted by Gasteiger charge is 2.54. The summed E-state index contributed by atoms with van der Waals surface area (Å²) in [5, 5.41) is 0. The van der Waals surface area contributed by atoms with Crippen molar-refractivity contribution in [3.8, 4) is 0 Å². The maximum atomic E-state index is 11.9. The molecule has 0 aliphatic heterocycles. The van der Waals surface area contributed by atoms with Crippen molar-refractivity contribution in [3.63, 3.8) is 0 Å². The number of methoxy groups -OCH3 is 1. The molecule has 18 heavy (non-hydrogen) atoms. The average Bonchev–Trinajstić information content (AvgIpc) is 2.38. The zero-order valence-electron chi connectivity index (χ0n) is 10.8. The smallest absolute Gasteiger partial charge is 0.309 e. The van der Waals surface area contributed by atoms with E-state index in [1.165, 1.54) is 7.11 Å². The lowest BCUT2D eigenvalue weighted by Gasteiger charge is -2.50. The summed E-state index contributed by atoms with van der Waals surface area (Å²) in [4.78, 5) is 34.3. The summed E-state index contributed by atoms with van der Waals surface area (Å²) in [6.45, 7) is 0. The summed E-state index contributed by atoms with van der Waals surface area (Å²) in [6.07, 6.45) is 5.91. The molecule has 3 aliphatic carbocycles. The first kappa shape index (κ1) is 13.2. The van der Waals surface area contributed by atoms with Gasteiger partial charge < -0.3 is 9.53 Å². The fraction of sp³-hybridized carbons (Fsp3) is 0.786. The van der Waals surface area contributed by atoms with E-state index >= 15 is 0 Å². The Balaban J connectivity index is 2.16. The highest BCUT2D eigenvalue weighted by molar-refractivity contribution is 5.87. The first-order valence-corrected chi connectivity index (χ1v) is 6.67. The zero-order valence-corrected chi connectivity index (χ0v) is 10.8. The number of hydrogen-bond acceptors (Lipinski definition) is 4. The van der Waals surface area contributed by atoms with Gasteiger partial charge in [-0.25, -0.2) is 0 Å². The van der Waals surface area contributed by atoms with Gasteiger partial charge >= 0.3 is 5.97 Å². The lowest BCUT2D eigenvalue weighted by atomic mass is 9.53. The topological polar surface area (TPSA) is 60.4 Å². The minimum absolute atomic E-state index is 0.0574. The van der Waals surface area contributed by atoms with Crippen LogP contribution in [0.3, 0.4) is 0 Å². The lowest BCUT2D eigenvalue weighted by Crippen LogP contribution is -2.50. The van der Waals surface area contributed by atoms with E-state index in [9.17, 15) is 14.4 Å². The molecule has 4 heteroatoms. The minimum Gasteiger partial charge on any atom is -0.469 e. The Hall–Kier alpha value is -1.19. The van der Waals surface area contributed by atoms with Crippen molar-refractivity contribution in [2.75, 3.05) is 7.11 Å². The van der Waals surface area contributed by atoms with Gasteiger partial charge in [0.1, 0.15) is 12.1 Å². The minimum atomic E-state index is -0.234. The van der Waals surface area contributed by atoms with E-state index in [4.69, 9.17) is 4.74 Å². The first-order valence-electron chi connectivity index (χ1n) is 6.67. The SMILES string of the molecule is COC(=O)[C@H]1C[C@@H]2CC[C@@]1(CCCC=O)CC2=O. The monoisotopic (exact) mass is 252 g/mol. The van der Waals surface area contributed by atoms with Crippen LogP contribution in [-0.4, -0.2) is 25.1 Å². The predicted octanol–water partition coefficient (Wildman–Crippen LogP) is 1.90. The maximum Gasteiger partial charge on any atom is 0.309 e. The number of aldehydes is 1. The normalized spacial score (nSPS) is 34.4. The molecule has 0 N–H and O–H groups in total. The van der Waals surface area contributed by atoms with Gasteiger partial charge in [0.2, 0.25) is 0 Å². The Bertz CT molecular complexity index is 363. The molecule has 3 fully saturated rings. The van der Waals surface area contributed by atoms with E-state index in [-0.39, 0.29) is 23.2 Å². The summed E-state index contributed by atoms with van der Waals surface area (Å²) in [5.74, 6) is 0.0263. The van der Waals surface area contributed by atoms with Crippen molar-refractivity contribution < 1.29 is 19.1 Å². The largest absolute Gasteiger partial charge is 0.469 e. The summed E-state index contributed by atoms with van der Waals surface area (Å²) < 4.78 is 4.89. The quantitative estimate of drug-likeness (QED) is 0.426. The molecule has 0 saturated heterocycles. The molecule has 0 aromatic carbocycles. The third-order valence-corrected chi connectivity index (χ3v) is 4.71. The molecule has 2 bridgehead atoms. The highest BCUT2D eigenvalue weighted by Crippen LogP contribution is 2.55. The average molecular weight is 252 g/mol. The van der Waals surface area contributed by atoms with Crippen LogP contribution in [0, 0.1) is 17.3 Å². The van der Waals surface area contributed by atoms with Crippen molar-refractivity contribution in [2.45, 2.75) is 44.9 Å². The molecule has 3 saturated carbocycles. The molecule has 3 aliphatic rings. The van der Waals surface area contributed by atoms with Crippen LogP contribution in [0.1, 0.15) is 44.9 Å². The molecule has 100 valence electrons. The Morgan fingerprint density at radius 2 is 2.33 bits per heavy atom. The number of Topliss-reactive ketones (excluding diaryl/α,β-unsaturated/α-hetero) is 1. The van der Waals surface area contributed by atoms with Gasteiger partial charge in [0, 0.05) is 18.8 Å². The number of carbonyl (C=O) groups excluding carboxylic acids is 3. The Kier molecular flexibility index (Phi) is 3.83. The van der Waals surface area contributed by atoms with Gasteiger partial charge in [-0.1, -0.05) is 0 Å². The number of unbranched alkanes of at least 4 members (excludes halogenated alkanes) is 1. The van der Waals surface area contributed by atoms with E-state index < -0.39 is 0 Å². The molecule has 4 nitrogen and oxygen atoms in total. The molecular weight excluding hydrogens is 232 g/mol. The van der Waals surface area contributed by atoms with E-state index in [2.05, 4.69) is 0 Å². The number of ether oxygens (including phenoxy) is 1. The highest BCUT2D eigenvalue weighted by atomic mass is 16.5. The second-order valence-electron chi connectivity index (χ2n) is 5.61. The fourth-order valence-corrected chi connectivity index (χ4v) is 3.70. The van der Waals surface area contributed by atoms with E-state index in [0.717, 1.165) is 32.0 Å². The van der Waals surface area contributed by atoms with Crippen molar-refractivity contribution in [1.82, 2.24) is 0 Å². The fourth-order valence-electron chi connectivity index (χ4n) is 3.70. The van der Waals surface area contributed by atoms with Crippen LogP contribution in [0.25, 0.3) is 0 Å². The van der Waals surface area contributed by atoms with Crippen molar-refractivity contribution >= 4 is 18.0 Å². The first-order chi connectivity index (χ1) is 8.63. The molecule has 0 aromatic heterocycles. The van der Waals surface area contributed by atoms with Gasteiger partial charge in [-0.3, -0.25) is 9.59 Å². The van der Waals surface area contributed by atoms with Crippen molar-refractivity contribution in [1.29, 1.82) is 0 Å². The second-order valence-corrected chi connectivity index (χ2v) is 5.61. The number of carbonyl (C=O) groups is 3. The van der Waals surface area contributed by atoms with E-state index in [0.29, 0.717) is 25.0 Å². The molecule has 3 rings (SSSR count). The summed E-state index contributed by atoms with van der Waals surface area (Å²) in [5.41, 5.74) is -0.234. The summed E-state index contributed by atoms with van der Waals surface area (Å²) in [6, 6.07) is 0. The van der Waals surface area contributed by atoms with Gasteiger partial charge in [-0.05, 0) is 37.5 Å². The molecule has 0 amide bonds. The number of ketones is 1. The third-order valence-electron chi connectivity index (χ3n) is 4.71. The lowest BCUT2D eigenvalue weighted by molar-refractivity contribution is -0.162. The number of fused-ring (bicyclic) bond motifs is 3. The number of hydrogen-bond donors (Lipinski definition) is 0. The Labute approximate surface area is 107 Å². The van der Waals surface area contributed by atoms with Gasteiger partial charge in [-0.2, -0.15) is 0 Å². The molecule has 0 aromatic rings. The standard InChI is InChI=1S/C14H20O4/c1-18-13(17)11-8-10-4-6-14(11,9-12(10)16)5-2-3-7-15/h7,10-11H,2-6,8-9H2,1H3/t10-,11+,14-/m0/s1. The maximum absolute atomic E-state index is 11.9. The van der Waals surface area contributed by atoms with Crippen LogP contribution in [0.15, 0.2) is 0 Å². The van der Waals surface area contributed by atoms with Gasteiger partial charge in [-0.15, -0.1) is 0 Å². The summed E-state index contributed by atoms with van der Waals surface area (Å²) >= 11 is 0. The second kappa shape index (κ2) is 5.21. The van der Waals surface area contributed by atoms with Crippen LogP contribution in [-0.2, 0) is 19.1 Å². The van der Waals surface area contributed by atoms with Crippen LogP contribution >= 0.6 is 0 Å². The van der Waals surface area contributed by atoms with Crippen LogP contribution in [0.4, 0.5) is 0 Å². The molecule has 0 spiro atoms. The van der Waals surface area contributed by atoms with E-state index in [1.54, 1.807) is 0 Å². The summed E-state index contributed by atoms with van der Waals surface area (Å²) in [7, 11) is 1.41. The number of esters is 1. The molecule has 3 atom stereocenters. The van der Waals surface area contributed by atoms with Gasteiger partial charge in [0.25, 0.3) is 0 Å². The van der Waals surface area contributed by atoms with Crippen molar-refractivity contribution in [2.24, 2.45) is 17.3 Å². The van der Waals surface area contributed by atoms with Crippen LogP contribution < -0.4 is 0 Å². The van der Waals surface area contributed by atoms with Gasteiger partial charge in [0.15, 0.2) is 0 Å².